The van der Waals surface area contributed by atoms with Crippen LogP contribution in [0, 0.1) is 0 Å². The monoisotopic (exact) mass is 177 g/mol. The predicted molar refractivity (Wildman–Crippen MR) is 48.1 cm³/mol. The summed E-state index contributed by atoms with van der Waals surface area (Å²) in [6.07, 6.45) is 2.51. The number of nitrogens with zero attached hydrogens (tertiary/aromatic N) is 4. The van der Waals surface area contributed by atoms with Crippen LogP contribution in [0.1, 0.15) is 18.4 Å². The van der Waals surface area contributed by atoms with E-state index in [-0.39, 0.29) is 0 Å². The molecule has 5 nitrogen and oxygen atoms in total. The molecule has 0 unspecified atom stereocenters. The van der Waals surface area contributed by atoms with Crippen molar-refractivity contribution in [1.82, 2.24) is 19.6 Å². The van der Waals surface area contributed by atoms with Crippen LogP contribution in [0.25, 0.3) is 5.78 Å². The molecule has 0 aliphatic heterocycles. The summed E-state index contributed by atoms with van der Waals surface area (Å²) in [7, 11) is 0. The second-order valence-electron chi connectivity index (χ2n) is 2.73. The molecule has 2 aromatic rings. The normalized spacial score (nSPS) is 10.9. The molecule has 0 aliphatic rings. The third-order valence-corrected chi connectivity index (χ3v) is 1.89. The van der Waals surface area contributed by atoms with E-state index in [2.05, 4.69) is 15.1 Å². The zero-order valence-electron chi connectivity index (χ0n) is 7.44. The highest BCUT2D eigenvalue weighted by Gasteiger charge is 2.04. The van der Waals surface area contributed by atoms with E-state index in [1.165, 1.54) is 0 Å². The first kappa shape index (κ1) is 8.12. The van der Waals surface area contributed by atoms with Crippen molar-refractivity contribution in [2.75, 3.05) is 0 Å². The fraction of sp³-hybridized carbons (Fsp3) is 0.375. The molecule has 2 aromatic heterocycles. The largest absolute Gasteiger partial charge is 0.325 e. The van der Waals surface area contributed by atoms with E-state index in [4.69, 9.17) is 5.73 Å². The molecule has 0 aliphatic carbocycles. The SMILES string of the molecule is CCc1nc2nccc(CN)n2n1. The fourth-order valence-electron chi connectivity index (χ4n) is 1.19. The molecule has 5 heteroatoms. The molecule has 0 radical (unpaired) electrons. The van der Waals surface area contributed by atoms with Gasteiger partial charge in [-0.25, -0.2) is 4.98 Å². The Hall–Kier alpha value is -1.49. The molecule has 0 fully saturated rings. The van der Waals surface area contributed by atoms with Gasteiger partial charge in [-0.1, -0.05) is 6.92 Å². The molecule has 68 valence electrons. The van der Waals surface area contributed by atoms with Gasteiger partial charge in [-0.2, -0.15) is 9.50 Å². The van der Waals surface area contributed by atoms with Gasteiger partial charge < -0.3 is 5.73 Å². The van der Waals surface area contributed by atoms with Crippen molar-refractivity contribution in [2.45, 2.75) is 19.9 Å². The molecular weight excluding hydrogens is 166 g/mol. The molecule has 0 bridgehead atoms. The number of nitrogens with two attached hydrogens (primary N) is 1. The van der Waals surface area contributed by atoms with Crippen LogP contribution in [0.3, 0.4) is 0 Å². The van der Waals surface area contributed by atoms with Gasteiger partial charge in [0.05, 0.1) is 5.69 Å². The van der Waals surface area contributed by atoms with Crippen LogP contribution >= 0.6 is 0 Å². The van der Waals surface area contributed by atoms with E-state index < -0.39 is 0 Å². The van der Waals surface area contributed by atoms with Crippen LogP contribution in [0.2, 0.25) is 0 Å². The van der Waals surface area contributed by atoms with Crippen molar-refractivity contribution in [3.8, 4) is 0 Å². The average Bonchev–Trinajstić information content (AvgIpc) is 2.59. The van der Waals surface area contributed by atoms with Gasteiger partial charge >= 0.3 is 0 Å². The summed E-state index contributed by atoms with van der Waals surface area (Å²) < 4.78 is 1.69. The number of aromatic nitrogens is 4. The predicted octanol–water partition coefficient (Wildman–Crippen LogP) is 0.145. The fourth-order valence-corrected chi connectivity index (χ4v) is 1.19. The minimum atomic E-state index is 0.450. The number of fused-ring (bicyclic) bond motifs is 1. The van der Waals surface area contributed by atoms with Crippen LogP contribution < -0.4 is 5.73 Å². The number of rotatable bonds is 2. The highest BCUT2D eigenvalue weighted by Crippen LogP contribution is 2.02. The summed E-state index contributed by atoms with van der Waals surface area (Å²) >= 11 is 0. The number of hydrogen-bond donors (Lipinski definition) is 1. The van der Waals surface area contributed by atoms with Crippen molar-refractivity contribution >= 4 is 5.78 Å². The van der Waals surface area contributed by atoms with Crippen molar-refractivity contribution in [3.63, 3.8) is 0 Å². The van der Waals surface area contributed by atoms with Crippen molar-refractivity contribution < 1.29 is 0 Å². The van der Waals surface area contributed by atoms with E-state index in [1.807, 2.05) is 13.0 Å². The zero-order valence-corrected chi connectivity index (χ0v) is 7.44. The Kier molecular flexibility index (Phi) is 1.94. The lowest BCUT2D eigenvalue weighted by Gasteiger charge is -1.97. The molecule has 0 saturated carbocycles. The summed E-state index contributed by atoms with van der Waals surface area (Å²) in [6.45, 7) is 2.46. The Morgan fingerprint density at radius 1 is 1.54 bits per heavy atom. The molecule has 2 rings (SSSR count). The molecule has 0 amide bonds. The minimum absolute atomic E-state index is 0.450. The maximum Gasteiger partial charge on any atom is 0.252 e. The van der Waals surface area contributed by atoms with Gasteiger partial charge in [0.1, 0.15) is 0 Å². The molecule has 13 heavy (non-hydrogen) atoms. The van der Waals surface area contributed by atoms with Gasteiger partial charge in [0.2, 0.25) is 0 Å². The lowest BCUT2D eigenvalue weighted by molar-refractivity contribution is 0.811. The number of aryl methyl sites for hydroxylation is 1. The van der Waals surface area contributed by atoms with Crippen LogP contribution in [0.15, 0.2) is 12.3 Å². The van der Waals surface area contributed by atoms with Gasteiger partial charge in [-0.05, 0) is 6.07 Å². The Morgan fingerprint density at radius 2 is 2.38 bits per heavy atom. The smallest absolute Gasteiger partial charge is 0.252 e. The lowest BCUT2D eigenvalue weighted by atomic mass is 10.4. The quantitative estimate of drug-likeness (QED) is 0.708. The third-order valence-electron chi connectivity index (χ3n) is 1.89. The molecule has 0 spiro atoms. The second kappa shape index (κ2) is 3.10. The topological polar surface area (TPSA) is 69.1 Å². The standard InChI is InChI=1S/C8H11N5/c1-2-7-11-8-10-4-3-6(5-9)13(8)12-7/h3-4H,2,5,9H2,1H3. The van der Waals surface area contributed by atoms with Crippen molar-refractivity contribution in [1.29, 1.82) is 0 Å². The highest BCUT2D eigenvalue weighted by molar-refractivity contribution is 5.28. The Morgan fingerprint density at radius 3 is 3.08 bits per heavy atom. The highest BCUT2D eigenvalue weighted by atomic mass is 15.3. The Balaban J connectivity index is 2.67. The molecule has 2 N–H and O–H groups in total. The van der Waals surface area contributed by atoms with Gasteiger partial charge in [-0.15, -0.1) is 5.10 Å². The van der Waals surface area contributed by atoms with Crippen molar-refractivity contribution in [3.05, 3.63) is 23.8 Å². The Labute approximate surface area is 75.6 Å². The lowest BCUT2D eigenvalue weighted by Crippen LogP contribution is -2.05. The van der Waals surface area contributed by atoms with Crippen LogP contribution in [-0.2, 0) is 13.0 Å². The van der Waals surface area contributed by atoms with Crippen LogP contribution in [-0.4, -0.2) is 19.6 Å². The van der Waals surface area contributed by atoms with Gasteiger partial charge in [0.15, 0.2) is 5.82 Å². The molecule has 0 saturated heterocycles. The van der Waals surface area contributed by atoms with Crippen molar-refractivity contribution in [2.24, 2.45) is 5.73 Å². The maximum absolute atomic E-state index is 5.55. The Bertz CT molecular complexity index is 419. The summed E-state index contributed by atoms with van der Waals surface area (Å²) in [5.41, 5.74) is 6.48. The van der Waals surface area contributed by atoms with E-state index >= 15 is 0 Å². The second-order valence-corrected chi connectivity index (χ2v) is 2.73. The molecular formula is C8H11N5. The van der Waals surface area contributed by atoms with E-state index in [1.54, 1.807) is 10.7 Å². The molecule has 0 atom stereocenters. The average molecular weight is 177 g/mol. The number of hydrogen-bond acceptors (Lipinski definition) is 4. The maximum atomic E-state index is 5.55. The van der Waals surface area contributed by atoms with E-state index in [9.17, 15) is 0 Å². The van der Waals surface area contributed by atoms with E-state index in [0.29, 0.717) is 12.3 Å². The summed E-state index contributed by atoms with van der Waals surface area (Å²) in [5, 5.41) is 4.27. The first-order valence-corrected chi connectivity index (χ1v) is 4.24. The molecule has 0 aromatic carbocycles. The van der Waals surface area contributed by atoms with Gasteiger partial charge in [0.25, 0.3) is 5.78 Å². The first-order chi connectivity index (χ1) is 6.35. The van der Waals surface area contributed by atoms with Crippen LogP contribution in [0.5, 0.6) is 0 Å². The first-order valence-electron chi connectivity index (χ1n) is 4.24. The van der Waals surface area contributed by atoms with Crippen LogP contribution in [0.4, 0.5) is 0 Å². The summed E-state index contributed by atoms with van der Waals surface area (Å²) in [5.74, 6) is 1.42. The van der Waals surface area contributed by atoms with Gasteiger partial charge in [-0.3, -0.25) is 0 Å². The zero-order chi connectivity index (χ0) is 9.26. The summed E-state index contributed by atoms with van der Waals surface area (Å²) in [6, 6.07) is 1.85. The third kappa shape index (κ3) is 1.27. The van der Waals surface area contributed by atoms with Gasteiger partial charge in [0, 0.05) is 19.2 Å². The minimum Gasteiger partial charge on any atom is -0.325 e. The molecule has 2 heterocycles. The van der Waals surface area contributed by atoms with E-state index in [0.717, 1.165) is 17.9 Å². The summed E-state index contributed by atoms with van der Waals surface area (Å²) in [4.78, 5) is 8.32.